The van der Waals surface area contributed by atoms with E-state index in [9.17, 15) is 9.18 Å². The molecule has 0 bridgehead atoms. The Morgan fingerprint density at radius 2 is 2.00 bits per heavy atom. The number of nitrogens with one attached hydrogen (secondary N) is 1. The van der Waals surface area contributed by atoms with Crippen molar-refractivity contribution in [3.05, 3.63) is 53.7 Å². The van der Waals surface area contributed by atoms with E-state index in [1.807, 2.05) is 12.1 Å². The van der Waals surface area contributed by atoms with E-state index in [1.54, 1.807) is 0 Å². The van der Waals surface area contributed by atoms with E-state index < -0.39 is 11.9 Å². The fourth-order valence-corrected chi connectivity index (χ4v) is 3.66. The molecule has 0 spiro atoms. The number of ether oxygens (including phenoxy) is 1. The Morgan fingerprint density at radius 3 is 2.85 bits per heavy atom. The average Bonchev–Trinajstić information content (AvgIpc) is 3.10. The fourth-order valence-electron chi connectivity index (χ4n) is 3.66. The average molecular weight is 367 g/mol. The van der Waals surface area contributed by atoms with E-state index in [2.05, 4.69) is 21.3 Å². The van der Waals surface area contributed by atoms with Crippen LogP contribution in [0.1, 0.15) is 17.4 Å². The molecule has 27 heavy (non-hydrogen) atoms. The minimum absolute atomic E-state index is 0.262. The summed E-state index contributed by atoms with van der Waals surface area (Å²) in [6.07, 6.45) is 0.450. The van der Waals surface area contributed by atoms with Gasteiger partial charge < -0.3 is 19.4 Å². The number of nitrogens with zero attached hydrogens (tertiary/aromatic N) is 2. The Bertz CT molecular complexity index is 1030. The number of benzene rings is 2. The molecule has 1 unspecified atom stereocenters. The predicted octanol–water partition coefficient (Wildman–Crippen LogP) is 2.62. The first kappa shape index (κ1) is 16.3. The molecule has 1 N–H and O–H groups in total. The van der Waals surface area contributed by atoms with Crippen molar-refractivity contribution in [2.45, 2.75) is 12.3 Å². The molecule has 3 heterocycles. The Kier molecular flexibility index (Phi) is 3.82. The number of piperazine rings is 1. The van der Waals surface area contributed by atoms with Crippen LogP contribution in [0.2, 0.25) is 0 Å². The second-order valence-electron chi connectivity index (χ2n) is 6.87. The van der Waals surface area contributed by atoms with Crippen LogP contribution in [-0.2, 0) is 11.2 Å². The number of hydrogen-bond donors (Lipinski definition) is 1. The smallest absolute Gasteiger partial charge is 0.324 e. The van der Waals surface area contributed by atoms with Crippen molar-refractivity contribution in [3.8, 4) is 5.75 Å². The first-order valence-electron chi connectivity index (χ1n) is 9.04. The number of esters is 1. The van der Waals surface area contributed by atoms with Gasteiger partial charge in [-0.3, -0.25) is 4.79 Å². The summed E-state index contributed by atoms with van der Waals surface area (Å²) in [6, 6.07) is 10.1. The third kappa shape index (κ3) is 2.94. The zero-order valence-corrected chi connectivity index (χ0v) is 14.6. The van der Waals surface area contributed by atoms with Crippen molar-refractivity contribution in [1.82, 2.24) is 10.3 Å². The van der Waals surface area contributed by atoms with Crippen molar-refractivity contribution in [3.63, 3.8) is 0 Å². The second-order valence-corrected chi connectivity index (χ2v) is 6.87. The number of fused-ring (bicyclic) bond motifs is 2. The van der Waals surface area contributed by atoms with Crippen molar-refractivity contribution in [1.29, 1.82) is 0 Å². The van der Waals surface area contributed by atoms with Crippen LogP contribution in [0, 0.1) is 5.82 Å². The molecule has 2 aromatic carbocycles. The first-order chi connectivity index (χ1) is 13.2. The predicted molar refractivity (Wildman–Crippen MR) is 97.6 cm³/mol. The summed E-state index contributed by atoms with van der Waals surface area (Å²) in [5, 5.41) is 3.32. The third-order valence-corrected chi connectivity index (χ3v) is 5.12. The zero-order valence-electron chi connectivity index (χ0n) is 14.6. The van der Waals surface area contributed by atoms with Gasteiger partial charge in [0.2, 0.25) is 5.89 Å². The highest BCUT2D eigenvalue weighted by Crippen LogP contribution is 2.36. The van der Waals surface area contributed by atoms with Gasteiger partial charge in [0.15, 0.2) is 5.58 Å². The van der Waals surface area contributed by atoms with Gasteiger partial charge in [0, 0.05) is 44.0 Å². The van der Waals surface area contributed by atoms with Crippen LogP contribution in [0.3, 0.4) is 0 Å². The van der Waals surface area contributed by atoms with Crippen molar-refractivity contribution in [2.75, 3.05) is 31.1 Å². The highest BCUT2D eigenvalue weighted by molar-refractivity contribution is 5.83. The van der Waals surface area contributed by atoms with Gasteiger partial charge in [-0.15, -0.1) is 0 Å². The minimum Gasteiger partial charge on any atom is -0.440 e. The number of aromatic nitrogens is 1. The van der Waals surface area contributed by atoms with Gasteiger partial charge >= 0.3 is 5.97 Å². The van der Waals surface area contributed by atoms with Gasteiger partial charge in [-0.1, -0.05) is 6.07 Å². The van der Waals surface area contributed by atoms with E-state index in [1.165, 1.54) is 18.2 Å². The SMILES string of the molecule is O=C1Oc2cc(N3CCNCC3)ccc2CC1c1nc2cc(F)ccc2o1. The van der Waals surface area contributed by atoms with Gasteiger partial charge in [0.1, 0.15) is 23.0 Å². The molecule has 2 aliphatic rings. The van der Waals surface area contributed by atoms with E-state index in [0.29, 0.717) is 23.3 Å². The molecule has 1 fully saturated rings. The molecule has 1 atom stereocenters. The molecule has 138 valence electrons. The van der Waals surface area contributed by atoms with Gasteiger partial charge in [-0.25, -0.2) is 9.37 Å². The molecule has 0 radical (unpaired) electrons. The Balaban J connectivity index is 1.44. The summed E-state index contributed by atoms with van der Waals surface area (Å²) in [7, 11) is 0. The molecule has 3 aromatic rings. The normalized spacial score (nSPS) is 19.8. The lowest BCUT2D eigenvalue weighted by atomic mass is 9.95. The van der Waals surface area contributed by atoms with Gasteiger partial charge in [0.25, 0.3) is 0 Å². The number of hydrogen-bond acceptors (Lipinski definition) is 6. The van der Waals surface area contributed by atoms with Crippen molar-refractivity contribution >= 4 is 22.8 Å². The summed E-state index contributed by atoms with van der Waals surface area (Å²) in [4.78, 5) is 19.1. The molecule has 0 saturated carbocycles. The molecule has 1 saturated heterocycles. The lowest BCUT2D eigenvalue weighted by Gasteiger charge is -2.30. The quantitative estimate of drug-likeness (QED) is 0.555. The van der Waals surface area contributed by atoms with Gasteiger partial charge in [-0.2, -0.15) is 0 Å². The number of anilines is 1. The van der Waals surface area contributed by atoms with Crippen LogP contribution in [0.4, 0.5) is 10.1 Å². The third-order valence-electron chi connectivity index (χ3n) is 5.12. The van der Waals surface area contributed by atoms with Crippen LogP contribution in [0.15, 0.2) is 40.8 Å². The van der Waals surface area contributed by atoms with Crippen LogP contribution >= 0.6 is 0 Å². The van der Waals surface area contributed by atoms with E-state index >= 15 is 0 Å². The second kappa shape index (κ2) is 6.35. The maximum atomic E-state index is 13.4. The summed E-state index contributed by atoms with van der Waals surface area (Å²) >= 11 is 0. The number of oxazole rings is 1. The van der Waals surface area contributed by atoms with Crippen LogP contribution in [0.5, 0.6) is 5.75 Å². The Hall–Kier alpha value is -2.93. The van der Waals surface area contributed by atoms with Crippen LogP contribution in [0.25, 0.3) is 11.1 Å². The number of carbonyl (C=O) groups is 1. The molecular weight excluding hydrogens is 349 g/mol. The number of rotatable bonds is 2. The van der Waals surface area contributed by atoms with E-state index in [0.717, 1.165) is 37.4 Å². The molecular formula is C20H18FN3O3. The van der Waals surface area contributed by atoms with Crippen molar-refractivity contribution < 1.29 is 18.3 Å². The number of carbonyl (C=O) groups excluding carboxylic acids is 1. The maximum absolute atomic E-state index is 13.4. The zero-order chi connectivity index (χ0) is 18.4. The summed E-state index contributed by atoms with van der Waals surface area (Å²) in [5.74, 6) is -0.559. The highest BCUT2D eigenvalue weighted by atomic mass is 19.1. The molecule has 6 nitrogen and oxygen atoms in total. The van der Waals surface area contributed by atoms with Gasteiger partial charge in [0.05, 0.1) is 0 Å². The molecule has 2 aliphatic heterocycles. The van der Waals surface area contributed by atoms with Crippen LogP contribution < -0.4 is 15.0 Å². The van der Waals surface area contributed by atoms with Crippen LogP contribution in [-0.4, -0.2) is 37.1 Å². The molecule has 5 rings (SSSR count). The lowest BCUT2D eigenvalue weighted by Crippen LogP contribution is -2.43. The van der Waals surface area contributed by atoms with Crippen molar-refractivity contribution in [2.24, 2.45) is 0 Å². The molecule has 0 amide bonds. The van der Waals surface area contributed by atoms with E-state index in [-0.39, 0.29) is 11.7 Å². The highest BCUT2D eigenvalue weighted by Gasteiger charge is 2.34. The monoisotopic (exact) mass is 367 g/mol. The standard InChI is InChI=1S/C20H18FN3O3/c21-13-2-4-17-16(10-13)23-19(26-17)15-9-12-1-3-14(11-18(12)27-20(15)25)24-7-5-22-6-8-24/h1-4,10-11,15,22H,5-9H2. The summed E-state index contributed by atoms with van der Waals surface area (Å²) < 4.78 is 24.6. The Morgan fingerprint density at radius 1 is 1.15 bits per heavy atom. The number of halogens is 1. The summed E-state index contributed by atoms with van der Waals surface area (Å²) in [6.45, 7) is 3.73. The van der Waals surface area contributed by atoms with Gasteiger partial charge in [-0.05, 0) is 30.2 Å². The Labute approximate surface area is 154 Å². The largest absolute Gasteiger partial charge is 0.440 e. The fraction of sp³-hybridized carbons (Fsp3) is 0.300. The molecule has 1 aromatic heterocycles. The molecule has 7 heteroatoms. The topological polar surface area (TPSA) is 67.6 Å². The first-order valence-corrected chi connectivity index (χ1v) is 9.04. The maximum Gasteiger partial charge on any atom is 0.324 e. The molecule has 0 aliphatic carbocycles. The minimum atomic E-state index is -0.627. The summed E-state index contributed by atoms with van der Waals surface area (Å²) in [5.41, 5.74) is 2.85. The van der Waals surface area contributed by atoms with E-state index in [4.69, 9.17) is 9.15 Å². The lowest BCUT2D eigenvalue weighted by molar-refractivity contribution is -0.137.